The number of carbonyl (C=O) groups excluding carboxylic acids is 1. The van der Waals surface area contributed by atoms with E-state index in [1.807, 2.05) is 0 Å². The summed E-state index contributed by atoms with van der Waals surface area (Å²) in [5.41, 5.74) is -2.56. The minimum atomic E-state index is -4.74. The fraction of sp³-hybridized carbons (Fsp3) is 0.182. The molecule has 9 heteroatoms. The average molecular weight is 303 g/mol. The van der Waals surface area contributed by atoms with Crippen LogP contribution in [0, 0.1) is 0 Å². The highest BCUT2D eigenvalue weighted by Crippen LogP contribution is 2.25. The molecule has 0 aliphatic rings. The summed E-state index contributed by atoms with van der Waals surface area (Å²) >= 11 is 1.16. The molecule has 2 aromatic rings. The lowest BCUT2D eigenvalue weighted by Gasteiger charge is -2.09. The first-order chi connectivity index (χ1) is 9.38. The Bertz CT molecular complexity index is 664. The van der Waals surface area contributed by atoms with Gasteiger partial charge in [-0.1, -0.05) is 0 Å². The van der Waals surface area contributed by atoms with Crippen molar-refractivity contribution in [3.63, 3.8) is 0 Å². The van der Waals surface area contributed by atoms with Crippen LogP contribution in [0.4, 0.5) is 18.3 Å². The van der Waals surface area contributed by atoms with Gasteiger partial charge < -0.3 is 9.88 Å². The fourth-order valence-electron chi connectivity index (χ4n) is 1.48. The summed E-state index contributed by atoms with van der Waals surface area (Å²) in [6, 6.07) is 1.75. The molecule has 0 atom stereocenters. The van der Waals surface area contributed by atoms with Gasteiger partial charge in [0, 0.05) is 17.8 Å². The van der Waals surface area contributed by atoms with Crippen molar-refractivity contribution in [3.8, 4) is 0 Å². The first kappa shape index (κ1) is 14.3. The molecule has 106 valence electrons. The van der Waals surface area contributed by atoms with Crippen molar-refractivity contribution in [3.05, 3.63) is 45.8 Å². The average Bonchev–Trinajstić information content (AvgIpc) is 2.83. The molecule has 1 N–H and O–H groups in total. The minimum absolute atomic E-state index is 0.315. The molecule has 2 rings (SSSR count). The summed E-state index contributed by atoms with van der Waals surface area (Å²) in [7, 11) is 0. The Morgan fingerprint density at radius 1 is 1.45 bits per heavy atom. The number of anilines is 1. The van der Waals surface area contributed by atoms with Crippen LogP contribution in [-0.4, -0.2) is 15.5 Å². The first-order valence-electron chi connectivity index (χ1n) is 5.34. The third kappa shape index (κ3) is 3.23. The maximum Gasteiger partial charge on any atom is 0.421 e. The van der Waals surface area contributed by atoms with Gasteiger partial charge in [-0.25, -0.2) is 4.98 Å². The first-order valence-corrected chi connectivity index (χ1v) is 6.22. The van der Waals surface area contributed by atoms with Gasteiger partial charge in [0.1, 0.15) is 12.1 Å². The number of thiazole rings is 1. The molecule has 2 heterocycles. The number of pyridine rings is 1. The molecule has 20 heavy (non-hydrogen) atoms. The number of hydrogen-bond acceptors (Lipinski definition) is 4. The summed E-state index contributed by atoms with van der Waals surface area (Å²) in [4.78, 5) is 27.0. The van der Waals surface area contributed by atoms with E-state index in [1.165, 1.54) is 6.20 Å². The maximum absolute atomic E-state index is 12.5. The van der Waals surface area contributed by atoms with E-state index >= 15 is 0 Å². The predicted molar refractivity (Wildman–Crippen MR) is 66.4 cm³/mol. The van der Waals surface area contributed by atoms with Crippen molar-refractivity contribution in [2.75, 3.05) is 5.32 Å². The molecule has 0 saturated heterocycles. The van der Waals surface area contributed by atoms with E-state index in [1.54, 1.807) is 5.38 Å². The van der Waals surface area contributed by atoms with Crippen LogP contribution >= 0.6 is 11.3 Å². The number of hydrogen-bond donors (Lipinski definition) is 1. The molecule has 1 amide bonds. The van der Waals surface area contributed by atoms with Gasteiger partial charge in [-0.05, 0) is 12.1 Å². The Hall–Kier alpha value is -2.16. The van der Waals surface area contributed by atoms with Crippen molar-refractivity contribution in [2.24, 2.45) is 0 Å². The highest BCUT2D eigenvalue weighted by Gasteiger charge is 2.34. The lowest BCUT2D eigenvalue weighted by atomic mass is 10.2. The van der Waals surface area contributed by atoms with E-state index in [2.05, 4.69) is 10.3 Å². The molecular weight excluding hydrogens is 295 g/mol. The van der Waals surface area contributed by atoms with Crippen LogP contribution in [0.25, 0.3) is 0 Å². The SMILES string of the molecule is O=C(Cn1cccc(C(F)(F)F)c1=O)Nc1nccs1. The fourth-order valence-corrected chi connectivity index (χ4v) is 2.02. The second-order valence-electron chi connectivity index (χ2n) is 3.74. The number of halogens is 3. The largest absolute Gasteiger partial charge is 0.421 e. The van der Waals surface area contributed by atoms with Gasteiger partial charge in [0.2, 0.25) is 5.91 Å². The lowest BCUT2D eigenvalue weighted by Crippen LogP contribution is -2.31. The molecule has 0 aromatic carbocycles. The second kappa shape index (κ2) is 5.45. The monoisotopic (exact) mass is 303 g/mol. The van der Waals surface area contributed by atoms with Gasteiger partial charge in [0.15, 0.2) is 5.13 Å². The van der Waals surface area contributed by atoms with E-state index in [0.717, 1.165) is 23.6 Å². The van der Waals surface area contributed by atoms with Crippen LogP contribution in [0.1, 0.15) is 5.56 Å². The van der Waals surface area contributed by atoms with E-state index in [-0.39, 0.29) is 0 Å². The van der Waals surface area contributed by atoms with Gasteiger partial charge in [-0.2, -0.15) is 13.2 Å². The van der Waals surface area contributed by atoms with Crippen molar-refractivity contribution in [1.82, 2.24) is 9.55 Å². The predicted octanol–water partition coefficient (Wildman–Crippen LogP) is 1.96. The van der Waals surface area contributed by atoms with Crippen LogP contribution in [0.5, 0.6) is 0 Å². The number of nitrogens with one attached hydrogen (secondary N) is 1. The number of aromatic nitrogens is 2. The maximum atomic E-state index is 12.5. The van der Waals surface area contributed by atoms with Gasteiger partial charge >= 0.3 is 6.18 Å². The Kier molecular flexibility index (Phi) is 3.89. The zero-order valence-electron chi connectivity index (χ0n) is 9.85. The van der Waals surface area contributed by atoms with Crippen molar-refractivity contribution < 1.29 is 18.0 Å². The molecule has 0 saturated carbocycles. The molecule has 0 aliphatic heterocycles. The Morgan fingerprint density at radius 2 is 2.20 bits per heavy atom. The number of carbonyl (C=O) groups is 1. The number of alkyl halides is 3. The van der Waals surface area contributed by atoms with Crippen molar-refractivity contribution in [2.45, 2.75) is 12.7 Å². The molecule has 0 fully saturated rings. The van der Waals surface area contributed by atoms with Crippen LogP contribution < -0.4 is 10.9 Å². The number of nitrogens with zero attached hydrogens (tertiary/aromatic N) is 2. The van der Waals surface area contributed by atoms with Crippen LogP contribution in [0.2, 0.25) is 0 Å². The highest BCUT2D eigenvalue weighted by molar-refractivity contribution is 7.13. The van der Waals surface area contributed by atoms with Gasteiger partial charge in [-0.3, -0.25) is 9.59 Å². The van der Waals surface area contributed by atoms with Crippen LogP contribution in [0.3, 0.4) is 0 Å². The van der Waals surface area contributed by atoms with Gasteiger partial charge in [-0.15, -0.1) is 11.3 Å². The van der Waals surface area contributed by atoms with E-state index in [9.17, 15) is 22.8 Å². The summed E-state index contributed by atoms with van der Waals surface area (Å²) in [6.07, 6.45) is -2.15. The van der Waals surface area contributed by atoms with E-state index < -0.39 is 29.8 Å². The smallest absolute Gasteiger partial charge is 0.306 e. The van der Waals surface area contributed by atoms with E-state index in [0.29, 0.717) is 15.8 Å². The standard InChI is InChI=1S/C11H8F3N3O2S/c12-11(13,14)7-2-1-4-17(9(7)19)6-8(18)16-10-15-3-5-20-10/h1-5H,6H2,(H,15,16,18). The molecule has 0 bridgehead atoms. The van der Waals surface area contributed by atoms with Gasteiger partial charge in [0.25, 0.3) is 5.56 Å². The zero-order chi connectivity index (χ0) is 14.8. The normalized spacial score (nSPS) is 11.3. The Morgan fingerprint density at radius 3 is 2.80 bits per heavy atom. The summed E-state index contributed by atoms with van der Waals surface area (Å²) in [6.45, 7) is -0.512. The molecule has 0 radical (unpaired) electrons. The Labute approximate surface area is 114 Å². The quantitative estimate of drug-likeness (QED) is 0.943. The molecule has 0 aliphatic carbocycles. The molecule has 2 aromatic heterocycles. The van der Waals surface area contributed by atoms with E-state index in [4.69, 9.17) is 0 Å². The summed E-state index contributed by atoms with van der Waals surface area (Å²) in [5, 5.41) is 4.33. The zero-order valence-corrected chi connectivity index (χ0v) is 10.7. The topological polar surface area (TPSA) is 64.0 Å². The molecule has 0 spiro atoms. The molecular formula is C11H8F3N3O2S. The number of amides is 1. The van der Waals surface area contributed by atoms with Crippen LogP contribution in [0.15, 0.2) is 34.7 Å². The second-order valence-corrected chi connectivity index (χ2v) is 4.63. The Balaban J connectivity index is 2.18. The van der Waals surface area contributed by atoms with Crippen LogP contribution in [-0.2, 0) is 17.5 Å². The van der Waals surface area contributed by atoms with Gasteiger partial charge in [0.05, 0.1) is 0 Å². The van der Waals surface area contributed by atoms with Crippen molar-refractivity contribution >= 4 is 22.4 Å². The third-order valence-corrected chi connectivity index (χ3v) is 3.01. The molecule has 5 nitrogen and oxygen atoms in total. The third-order valence-electron chi connectivity index (χ3n) is 2.32. The summed E-state index contributed by atoms with van der Waals surface area (Å²) < 4.78 is 38.3. The summed E-state index contributed by atoms with van der Waals surface area (Å²) in [5.74, 6) is -0.624. The number of rotatable bonds is 3. The minimum Gasteiger partial charge on any atom is -0.306 e. The highest BCUT2D eigenvalue weighted by atomic mass is 32.1. The van der Waals surface area contributed by atoms with Crippen molar-refractivity contribution in [1.29, 1.82) is 0 Å². The molecule has 0 unspecified atom stereocenters. The lowest BCUT2D eigenvalue weighted by molar-refractivity contribution is -0.139.